The molecule has 2 aromatic heterocycles. The van der Waals surface area contributed by atoms with Crippen molar-refractivity contribution in [3.05, 3.63) is 59.2 Å². The first-order chi connectivity index (χ1) is 10.2. The molecule has 0 fully saturated rings. The van der Waals surface area contributed by atoms with Crippen molar-refractivity contribution >= 4 is 28.0 Å². The van der Waals surface area contributed by atoms with E-state index in [0.717, 1.165) is 21.9 Å². The quantitative estimate of drug-likeness (QED) is 0.534. The Morgan fingerprint density at radius 1 is 0.952 bits per heavy atom. The Labute approximate surface area is 126 Å². The van der Waals surface area contributed by atoms with E-state index >= 15 is 0 Å². The fourth-order valence-corrected chi connectivity index (χ4v) is 2.75. The van der Waals surface area contributed by atoms with Crippen molar-refractivity contribution in [2.75, 3.05) is 0 Å². The van der Waals surface area contributed by atoms with Crippen LogP contribution in [0.15, 0.2) is 48.5 Å². The standard InChI is InChI=1S/C16H11ClN4/c1-10-5-4-6-11(9-10)15-18-19-16-13-8-3-2-7-12(13)14(17)20-21(15)16/h2-9H,1H3. The van der Waals surface area contributed by atoms with Crippen LogP contribution in [0.5, 0.6) is 0 Å². The summed E-state index contributed by atoms with van der Waals surface area (Å²) in [5.41, 5.74) is 2.85. The molecule has 0 atom stereocenters. The average Bonchev–Trinajstić information content (AvgIpc) is 2.91. The molecule has 4 aromatic rings. The lowest BCUT2D eigenvalue weighted by molar-refractivity contribution is 0.946. The summed E-state index contributed by atoms with van der Waals surface area (Å²) in [6.07, 6.45) is 0. The lowest BCUT2D eigenvalue weighted by Gasteiger charge is -2.04. The number of halogens is 1. The minimum atomic E-state index is 0.451. The molecule has 0 saturated carbocycles. The van der Waals surface area contributed by atoms with Crippen molar-refractivity contribution in [2.45, 2.75) is 6.92 Å². The first kappa shape index (κ1) is 12.3. The molecule has 4 nitrogen and oxygen atoms in total. The third kappa shape index (κ3) is 1.87. The highest BCUT2D eigenvalue weighted by molar-refractivity contribution is 6.34. The highest BCUT2D eigenvalue weighted by Gasteiger charge is 2.14. The van der Waals surface area contributed by atoms with E-state index in [2.05, 4.69) is 21.4 Å². The molecule has 0 amide bonds. The Kier molecular flexibility index (Phi) is 2.65. The van der Waals surface area contributed by atoms with E-state index in [1.54, 1.807) is 4.52 Å². The molecule has 0 saturated heterocycles. The largest absolute Gasteiger partial charge is 0.191 e. The first-order valence-corrected chi connectivity index (χ1v) is 6.98. The molecule has 0 aliphatic carbocycles. The maximum atomic E-state index is 6.30. The van der Waals surface area contributed by atoms with Crippen molar-refractivity contribution in [1.82, 2.24) is 19.8 Å². The van der Waals surface area contributed by atoms with Crippen LogP contribution in [-0.2, 0) is 0 Å². The Morgan fingerprint density at radius 2 is 1.76 bits per heavy atom. The molecule has 21 heavy (non-hydrogen) atoms. The van der Waals surface area contributed by atoms with Gasteiger partial charge in [0.2, 0.25) is 0 Å². The highest BCUT2D eigenvalue weighted by Crippen LogP contribution is 2.27. The molecule has 2 aromatic carbocycles. The number of hydrogen-bond donors (Lipinski definition) is 0. The van der Waals surface area contributed by atoms with E-state index in [-0.39, 0.29) is 0 Å². The molecule has 0 radical (unpaired) electrons. The predicted octanol–water partition coefficient (Wildman–Crippen LogP) is 3.91. The normalized spacial score (nSPS) is 11.3. The van der Waals surface area contributed by atoms with Crippen LogP contribution in [0.4, 0.5) is 0 Å². The number of aryl methyl sites for hydroxylation is 1. The molecular formula is C16H11ClN4. The van der Waals surface area contributed by atoms with Crippen molar-refractivity contribution in [3.8, 4) is 11.4 Å². The van der Waals surface area contributed by atoms with E-state index in [1.165, 1.54) is 0 Å². The third-order valence-corrected chi connectivity index (χ3v) is 3.77. The van der Waals surface area contributed by atoms with Crippen molar-refractivity contribution in [3.63, 3.8) is 0 Å². The smallest absolute Gasteiger partial charge is 0.186 e. The van der Waals surface area contributed by atoms with Gasteiger partial charge in [0.15, 0.2) is 16.6 Å². The molecule has 4 rings (SSSR count). The van der Waals surface area contributed by atoms with Crippen molar-refractivity contribution in [1.29, 1.82) is 0 Å². The summed E-state index contributed by atoms with van der Waals surface area (Å²) in [6, 6.07) is 15.9. The van der Waals surface area contributed by atoms with Gasteiger partial charge in [0.1, 0.15) is 0 Å². The number of aromatic nitrogens is 4. The van der Waals surface area contributed by atoms with Gasteiger partial charge in [-0.2, -0.15) is 9.61 Å². The topological polar surface area (TPSA) is 43.1 Å². The van der Waals surface area contributed by atoms with Crippen molar-refractivity contribution in [2.24, 2.45) is 0 Å². The first-order valence-electron chi connectivity index (χ1n) is 6.61. The molecular weight excluding hydrogens is 284 g/mol. The third-order valence-electron chi connectivity index (χ3n) is 3.49. The van der Waals surface area contributed by atoms with Crippen LogP contribution in [0.25, 0.3) is 27.8 Å². The molecule has 102 valence electrons. The summed E-state index contributed by atoms with van der Waals surface area (Å²) in [7, 11) is 0. The van der Waals surface area contributed by atoms with E-state index in [1.807, 2.05) is 49.4 Å². The Balaban J connectivity index is 2.09. The maximum absolute atomic E-state index is 6.30. The van der Waals surface area contributed by atoms with Crippen molar-refractivity contribution < 1.29 is 0 Å². The lowest BCUT2D eigenvalue weighted by Crippen LogP contribution is -1.97. The Bertz CT molecular complexity index is 975. The molecule has 5 heteroatoms. The molecule has 2 heterocycles. The number of rotatable bonds is 1. The van der Waals surface area contributed by atoms with Gasteiger partial charge in [-0.15, -0.1) is 10.2 Å². The van der Waals surface area contributed by atoms with Gasteiger partial charge in [-0.05, 0) is 13.0 Å². The summed E-state index contributed by atoms with van der Waals surface area (Å²) >= 11 is 6.30. The number of nitrogens with zero attached hydrogens (tertiary/aromatic N) is 4. The minimum absolute atomic E-state index is 0.451. The van der Waals surface area contributed by atoms with Gasteiger partial charge in [0.05, 0.1) is 0 Å². The summed E-state index contributed by atoms with van der Waals surface area (Å²) in [4.78, 5) is 0. The Morgan fingerprint density at radius 3 is 2.57 bits per heavy atom. The summed E-state index contributed by atoms with van der Waals surface area (Å²) < 4.78 is 1.71. The zero-order chi connectivity index (χ0) is 14.4. The van der Waals surface area contributed by atoms with Gasteiger partial charge in [0, 0.05) is 16.3 Å². The van der Waals surface area contributed by atoms with Crippen LogP contribution in [0.1, 0.15) is 5.56 Å². The summed E-state index contributed by atoms with van der Waals surface area (Å²) in [5, 5.41) is 15.3. The molecule has 0 N–H and O–H groups in total. The number of fused-ring (bicyclic) bond motifs is 3. The van der Waals surface area contributed by atoms with Crippen LogP contribution in [0.2, 0.25) is 5.15 Å². The fourth-order valence-electron chi connectivity index (χ4n) is 2.51. The number of benzene rings is 2. The molecule has 0 spiro atoms. The zero-order valence-electron chi connectivity index (χ0n) is 11.3. The monoisotopic (exact) mass is 294 g/mol. The molecule has 0 bridgehead atoms. The molecule has 0 unspecified atom stereocenters. The van der Waals surface area contributed by atoms with Gasteiger partial charge in [-0.25, -0.2) is 0 Å². The van der Waals surface area contributed by atoms with Gasteiger partial charge in [-0.3, -0.25) is 0 Å². The summed E-state index contributed by atoms with van der Waals surface area (Å²) in [5.74, 6) is 0.696. The van der Waals surface area contributed by atoms with Gasteiger partial charge in [-0.1, -0.05) is 59.6 Å². The van der Waals surface area contributed by atoms with Gasteiger partial charge < -0.3 is 0 Å². The van der Waals surface area contributed by atoms with E-state index in [0.29, 0.717) is 16.6 Å². The second-order valence-electron chi connectivity index (χ2n) is 4.96. The highest BCUT2D eigenvalue weighted by atomic mass is 35.5. The Hall–Kier alpha value is -2.46. The number of hydrogen-bond acceptors (Lipinski definition) is 3. The van der Waals surface area contributed by atoms with E-state index in [4.69, 9.17) is 11.6 Å². The second kappa shape index (κ2) is 4.53. The van der Waals surface area contributed by atoms with E-state index < -0.39 is 0 Å². The SMILES string of the molecule is Cc1cccc(-c2nnc3c4ccccc4c(Cl)nn23)c1. The summed E-state index contributed by atoms with van der Waals surface area (Å²) in [6.45, 7) is 2.04. The van der Waals surface area contributed by atoms with Gasteiger partial charge >= 0.3 is 0 Å². The fraction of sp³-hybridized carbons (Fsp3) is 0.0625. The second-order valence-corrected chi connectivity index (χ2v) is 5.32. The van der Waals surface area contributed by atoms with Crippen LogP contribution >= 0.6 is 11.6 Å². The van der Waals surface area contributed by atoms with Crippen LogP contribution < -0.4 is 0 Å². The molecule has 0 aliphatic rings. The van der Waals surface area contributed by atoms with Crippen LogP contribution in [-0.4, -0.2) is 19.8 Å². The van der Waals surface area contributed by atoms with E-state index in [9.17, 15) is 0 Å². The van der Waals surface area contributed by atoms with Crippen LogP contribution in [0.3, 0.4) is 0 Å². The van der Waals surface area contributed by atoms with Crippen LogP contribution in [0, 0.1) is 6.92 Å². The lowest BCUT2D eigenvalue weighted by atomic mass is 10.1. The van der Waals surface area contributed by atoms with Gasteiger partial charge in [0.25, 0.3) is 0 Å². The molecule has 0 aliphatic heterocycles. The minimum Gasteiger partial charge on any atom is -0.191 e. The predicted molar refractivity (Wildman–Crippen MR) is 83.5 cm³/mol. The zero-order valence-corrected chi connectivity index (χ0v) is 12.0. The average molecular weight is 295 g/mol. The maximum Gasteiger partial charge on any atom is 0.186 e.